The van der Waals surface area contributed by atoms with Crippen molar-refractivity contribution in [2.75, 3.05) is 11.3 Å². The van der Waals surface area contributed by atoms with Crippen LogP contribution in [0.5, 0.6) is 11.5 Å². The fourth-order valence-electron chi connectivity index (χ4n) is 1.25. The van der Waals surface area contributed by atoms with Crippen molar-refractivity contribution < 1.29 is 10.2 Å². The van der Waals surface area contributed by atoms with Gasteiger partial charge >= 0.3 is 0 Å². The first-order valence-corrected chi connectivity index (χ1v) is 5.06. The monoisotopic (exact) mass is 248 g/mol. The third-order valence-electron chi connectivity index (χ3n) is 2.25. The predicted molar refractivity (Wildman–Crippen MR) is 65.9 cm³/mol. The Morgan fingerprint density at radius 1 is 1.39 bits per heavy atom. The average Bonchev–Trinajstić information content (AvgIpc) is 2.64. The van der Waals surface area contributed by atoms with Gasteiger partial charge < -0.3 is 16.1 Å². The van der Waals surface area contributed by atoms with Crippen LogP contribution in [0.4, 0.5) is 5.95 Å². The van der Waals surface area contributed by atoms with Crippen molar-refractivity contribution in [2.45, 2.75) is 6.92 Å². The van der Waals surface area contributed by atoms with Gasteiger partial charge in [0.1, 0.15) is 11.5 Å². The highest BCUT2D eigenvalue weighted by Gasteiger charge is 2.03. The number of nitrogens with one attached hydrogen (secondary N) is 1. The summed E-state index contributed by atoms with van der Waals surface area (Å²) in [6.45, 7) is 1.70. The second kappa shape index (κ2) is 4.62. The molecule has 94 valence electrons. The van der Waals surface area contributed by atoms with E-state index in [1.807, 2.05) is 0 Å². The van der Waals surface area contributed by atoms with E-state index in [0.717, 1.165) is 0 Å². The predicted octanol–water partition coefficient (Wildman–Crippen LogP) is 0.158. The Morgan fingerprint density at radius 3 is 2.78 bits per heavy atom. The van der Waals surface area contributed by atoms with Crippen LogP contribution in [0, 0.1) is 6.92 Å². The van der Waals surface area contributed by atoms with Crippen molar-refractivity contribution in [1.82, 2.24) is 14.9 Å². The topological polar surface area (TPSA) is 122 Å². The van der Waals surface area contributed by atoms with Crippen LogP contribution in [0.15, 0.2) is 23.3 Å². The van der Waals surface area contributed by atoms with Crippen LogP contribution in [0.2, 0.25) is 0 Å². The number of phenols is 2. The lowest BCUT2D eigenvalue weighted by Crippen LogP contribution is -2.13. The largest absolute Gasteiger partial charge is 0.508 e. The van der Waals surface area contributed by atoms with Gasteiger partial charge in [0.05, 0.1) is 6.21 Å². The molecule has 2 aromatic rings. The number of aryl methyl sites for hydroxylation is 1. The lowest BCUT2D eigenvalue weighted by Gasteiger charge is -2.01. The summed E-state index contributed by atoms with van der Waals surface area (Å²) in [5, 5.41) is 30.0. The third kappa shape index (κ3) is 2.32. The van der Waals surface area contributed by atoms with Crippen LogP contribution in [0.3, 0.4) is 0 Å². The number of aromatic hydroxyl groups is 2. The Hall–Kier alpha value is -2.77. The van der Waals surface area contributed by atoms with E-state index in [-0.39, 0.29) is 17.4 Å². The fourth-order valence-corrected chi connectivity index (χ4v) is 1.25. The number of aromatic nitrogens is 3. The minimum Gasteiger partial charge on any atom is -0.508 e. The molecule has 8 nitrogen and oxygen atoms in total. The molecular formula is C10H12N6O2. The number of nitrogens with two attached hydrogens (primary N) is 1. The van der Waals surface area contributed by atoms with Crippen LogP contribution in [0.25, 0.3) is 0 Å². The van der Waals surface area contributed by atoms with Crippen molar-refractivity contribution in [3.63, 3.8) is 0 Å². The van der Waals surface area contributed by atoms with E-state index in [2.05, 4.69) is 20.7 Å². The average molecular weight is 248 g/mol. The Morgan fingerprint density at radius 2 is 2.17 bits per heavy atom. The molecule has 0 saturated heterocycles. The Labute approximate surface area is 102 Å². The van der Waals surface area contributed by atoms with Crippen molar-refractivity contribution in [1.29, 1.82) is 0 Å². The van der Waals surface area contributed by atoms with Gasteiger partial charge in [-0.3, -0.25) is 0 Å². The summed E-state index contributed by atoms with van der Waals surface area (Å²) in [5.41, 5.74) is 3.03. The minimum atomic E-state index is -0.0778. The highest BCUT2D eigenvalue weighted by atomic mass is 16.3. The first-order chi connectivity index (χ1) is 8.58. The van der Waals surface area contributed by atoms with Crippen LogP contribution >= 0.6 is 0 Å². The van der Waals surface area contributed by atoms with Crippen molar-refractivity contribution >= 4 is 12.2 Å². The normalized spacial score (nSPS) is 10.9. The maximum Gasteiger partial charge on any atom is 0.263 e. The van der Waals surface area contributed by atoms with Gasteiger partial charge in [-0.25, -0.2) is 10.1 Å². The van der Waals surface area contributed by atoms with Crippen molar-refractivity contribution in [3.8, 4) is 11.5 Å². The molecule has 0 bridgehead atoms. The summed E-state index contributed by atoms with van der Waals surface area (Å²) in [7, 11) is 0. The number of hydrogen-bond donors (Lipinski definition) is 4. The van der Waals surface area contributed by atoms with Gasteiger partial charge in [0.2, 0.25) is 0 Å². The summed E-state index contributed by atoms with van der Waals surface area (Å²) in [6, 6.07) is 4.18. The maximum absolute atomic E-state index is 9.51. The number of phenolic OH excluding ortho intramolecular Hbond substituents is 2. The highest BCUT2D eigenvalue weighted by Crippen LogP contribution is 2.20. The summed E-state index contributed by atoms with van der Waals surface area (Å²) in [6.07, 6.45) is 1.37. The molecule has 0 amide bonds. The van der Waals surface area contributed by atoms with Gasteiger partial charge in [0.15, 0.2) is 5.82 Å². The van der Waals surface area contributed by atoms with Crippen molar-refractivity contribution in [3.05, 3.63) is 29.6 Å². The smallest absolute Gasteiger partial charge is 0.263 e. The van der Waals surface area contributed by atoms with E-state index in [4.69, 9.17) is 10.9 Å². The number of nitrogens with zero attached hydrogens (tertiary/aromatic N) is 4. The zero-order chi connectivity index (χ0) is 13.1. The number of hydrogen-bond acceptors (Lipinski definition) is 7. The number of anilines is 1. The Bertz CT molecular complexity index is 592. The molecule has 0 spiro atoms. The SMILES string of the molecule is Cc1nnc(NN=Cc2ccc(O)cc2O)n1N. The van der Waals surface area contributed by atoms with Gasteiger partial charge in [-0.2, -0.15) is 5.10 Å². The lowest BCUT2D eigenvalue weighted by molar-refractivity contribution is 0.450. The second-order valence-electron chi connectivity index (χ2n) is 3.55. The number of rotatable bonds is 3. The minimum absolute atomic E-state index is 0.0186. The number of hydrazone groups is 1. The molecule has 0 fully saturated rings. The van der Waals surface area contributed by atoms with Gasteiger partial charge in [-0.1, -0.05) is 0 Å². The first kappa shape index (κ1) is 11.7. The molecule has 0 saturated carbocycles. The van der Waals surface area contributed by atoms with E-state index >= 15 is 0 Å². The van der Waals surface area contributed by atoms with E-state index in [1.165, 1.54) is 29.1 Å². The van der Waals surface area contributed by atoms with E-state index in [9.17, 15) is 5.11 Å². The van der Waals surface area contributed by atoms with Gasteiger partial charge in [-0.15, -0.1) is 10.2 Å². The molecule has 8 heteroatoms. The van der Waals surface area contributed by atoms with Crippen LogP contribution < -0.4 is 11.3 Å². The second-order valence-corrected chi connectivity index (χ2v) is 3.55. The summed E-state index contributed by atoms with van der Waals surface area (Å²) < 4.78 is 1.24. The summed E-state index contributed by atoms with van der Waals surface area (Å²) in [4.78, 5) is 0. The molecule has 1 aromatic heterocycles. The molecule has 5 N–H and O–H groups in total. The molecule has 0 aliphatic rings. The quantitative estimate of drug-likeness (QED) is 0.348. The molecule has 1 heterocycles. The molecule has 0 radical (unpaired) electrons. The molecule has 0 aliphatic heterocycles. The molecule has 0 aliphatic carbocycles. The Kier molecular flexibility index (Phi) is 3.00. The molecule has 18 heavy (non-hydrogen) atoms. The van der Waals surface area contributed by atoms with E-state index in [0.29, 0.717) is 11.4 Å². The van der Waals surface area contributed by atoms with Crippen molar-refractivity contribution in [2.24, 2.45) is 5.10 Å². The van der Waals surface area contributed by atoms with Crippen LogP contribution in [-0.2, 0) is 0 Å². The maximum atomic E-state index is 9.51. The molecule has 0 unspecified atom stereocenters. The molecular weight excluding hydrogens is 236 g/mol. The lowest BCUT2D eigenvalue weighted by atomic mass is 10.2. The summed E-state index contributed by atoms with van der Waals surface area (Å²) >= 11 is 0. The van der Waals surface area contributed by atoms with E-state index in [1.54, 1.807) is 6.92 Å². The standard InChI is InChI=1S/C10H12N6O2/c1-6-13-15-10(16(6)11)14-12-5-7-2-3-8(17)4-9(7)18/h2-5,17-18H,11H2,1H3,(H,14,15). The molecule has 2 rings (SSSR count). The zero-order valence-electron chi connectivity index (χ0n) is 9.57. The first-order valence-electron chi connectivity index (χ1n) is 5.06. The number of benzene rings is 1. The van der Waals surface area contributed by atoms with E-state index < -0.39 is 0 Å². The zero-order valence-corrected chi connectivity index (χ0v) is 9.57. The van der Waals surface area contributed by atoms with Gasteiger partial charge in [0, 0.05) is 11.6 Å². The molecule has 1 aromatic carbocycles. The van der Waals surface area contributed by atoms with Gasteiger partial charge in [-0.05, 0) is 19.1 Å². The number of nitrogen functional groups attached to an aromatic ring is 1. The van der Waals surface area contributed by atoms with Crippen LogP contribution in [0.1, 0.15) is 11.4 Å². The highest BCUT2D eigenvalue weighted by molar-refractivity contribution is 5.84. The summed E-state index contributed by atoms with van der Waals surface area (Å²) in [5.74, 6) is 6.33. The Balaban J connectivity index is 2.10. The fraction of sp³-hybridized carbons (Fsp3) is 0.100. The van der Waals surface area contributed by atoms with Gasteiger partial charge in [0.25, 0.3) is 5.95 Å². The third-order valence-corrected chi connectivity index (χ3v) is 2.25. The molecule has 0 atom stereocenters. The van der Waals surface area contributed by atoms with Crippen LogP contribution in [-0.4, -0.2) is 31.3 Å².